The summed E-state index contributed by atoms with van der Waals surface area (Å²) in [5.41, 5.74) is 6.83. The lowest BCUT2D eigenvalue weighted by Gasteiger charge is -2.40. The predicted molar refractivity (Wildman–Crippen MR) is 156 cm³/mol. The van der Waals surface area contributed by atoms with E-state index in [-0.39, 0.29) is 5.91 Å². The van der Waals surface area contributed by atoms with Crippen molar-refractivity contribution in [2.45, 2.75) is 38.1 Å². The molecule has 2 saturated heterocycles. The van der Waals surface area contributed by atoms with Gasteiger partial charge in [-0.2, -0.15) is 0 Å². The van der Waals surface area contributed by atoms with Crippen LogP contribution in [0.1, 0.15) is 42.5 Å². The number of likely N-dealkylation sites (tertiary alicyclic amines) is 2. The number of carbonyl (C=O) groups excluding carboxylic acids is 1. The summed E-state index contributed by atoms with van der Waals surface area (Å²) in [6.45, 7) is 4.16. The maximum Gasteiger partial charge on any atom is 0.253 e. The number of piperidine rings is 2. The maximum atomic E-state index is 13.3. The van der Waals surface area contributed by atoms with Crippen LogP contribution in [0.25, 0.3) is 38.9 Å². The van der Waals surface area contributed by atoms with E-state index in [0.29, 0.717) is 6.04 Å². The number of carbonyl (C=O) groups is 1. The van der Waals surface area contributed by atoms with E-state index in [2.05, 4.69) is 55.8 Å². The van der Waals surface area contributed by atoms with Gasteiger partial charge < -0.3 is 9.80 Å². The van der Waals surface area contributed by atoms with Gasteiger partial charge in [0.25, 0.3) is 5.91 Å². The Morgan fingerprint density at radius 3 is 2.33 bits per heavy atom. The summed E-state index contributed by atoms with van der Waals surface area (Å²) in [6.07, 6.45) is 12.1. The number of fused-ring (bicyclic) bond motifs is 2. The molecular weight excluding hydrogens is 482 g/mol. The molecule has 0 atom stereocenters. The standard InChI is InChI=1S/C33H33N5O/c39-33(37-18-14-29(15-19-37)36-16-4-1-5-17-36)25-10-8-24(9-11-25)27-12-13-32-35-22-31(38(32)23-27)28-20-26-6-2-3-7-30(26)34-21-28/h2-3,6-13,20-23,29H,1,4-5,14-19H2. The highest BCUT2D eigenvalue weighted by molar-refractivity contribution is 5.94. The molecule has 2 aromatic carbocycles. The largest absolute Gasteiger partial charge is 0.339 e. The third-order valence-electron chi connectivity index (χ3n) is 8.52. The minimum Gasteiger partial charge on any atom is -0.339 e. The Labute approximate surface area is 228 Å². The number of benzene rings is 2. The Balaban J connectivity index is 1.08. The molecule has 0 aliphatic carbocycles. The fourth-order valence-corrected chi connectivity index (χ4v) is 6.28. The highest BCUT2D eigenvalue weighted by Crippen LogP contribution is 2.28. The van der Waals surface area contributed by atoms with E-state index in [4.69, 9.17) is 0 Å². The van der Waals surface area contributed by atoms with Crippen molar-refractivity contribution in [1.29, 1.82) is 0 Å². The van der Waals surface area contributed by atoms with Gasteiger partial charge in [-0.1, -0.05) is 36.8 Å². The molecule has 2 fully saturated rings. The first-order chi connectivity index (χ1) is 19.2. The third-order valence-corrected chi connectivity index (χ3v) is 8.52. The van der Waals surface area contributed by atoms with Crippen LogP contribution in [0.4, 0.5) is 0 Å². The Kier molecular flexibility index (Phi) is 6.33. The average Bonchev–Trinajstić information content (AvgIpc) is 3.44. The molecule has 3 aromatic heterocycles. The van der Waals surface area contributed by atoms with Crippen molar-refractivity contribution in [2.75, 3.05) is 26.2 Å². The molecule has 0 saturated carbocycles. The van der Waals surface area contributed by atoms with Crippen molar-refractivity contribution < 1.29 is 4.79 Å². The van der Waals surface area contributed by atoms with Crippen molar-refractivity contribution in [3.05, 3.63) is 90.9 Å². The molecule has 196 valence electrons. The number of aromatic nitrogens is 3. The van der Waals surface area contributed by atoms with E-state index < -0.39 is 0 Å². The molecule has 5 heterocycles. The van der Waals surface area contributed by atoms with Gasteiger partial charge in [-0.25, -0.2) is 4.98 Å². The van der Waals surface area contributed by atoms with Crippen LogP contribution in [-0.4, -0.2) is 62.3 Å². The molecule has 39 heavy (non-hydrogen) atoms. The molecule has 6 heteroatoms. The number of hydrogen-bond donors (Lipinski definition) is 0. The number of nitrogens with zero attached hydrogens (tertiary/aromatic N) is 5. The van der Waals surface area contributed by atoms with Crippen LogP contribution < -0.4 is 0 Å². The van der Waals surface area contributed by atoms with Crippen LogP contribution >= 0.6 is 0 Å². The van der Waals surface area contributed by atoms with Gasteiger partial charge in [-0.15, -0.1) is 0 Å². The van der Waals surface area contributed by atoms with Crippen molar-refractivity contribution in [3.8, 4) is 22.4 Å². The zero-order chi connectivity index (χ0) is 26.2. The van der Waals surface area contributed by atoms with Crippen LogP contribution in [0.2, 0.25) is 0 Å². The first-order valence-electron chi connectivity index (χ1n) is 14.2. The maximum absolute atomic E-state index is 13.3. The molecule has 1 amide bonds. The van der Waals surface area contributed by atoms with Crippen molar-refractivity contribution in [1.82, 2.24) is 24.2 Å². The number of imidazole rings is 1. The SMILES string of the molecule is O=C(c1ccc(-c2ccc3ncc(-c4cnc5ccccc5c4)n3c2)cc1)N1CCC(N2CCCCC2)CC1. The first kappa shape index (κ1) is 24.0. The minimum atomic E-state index is 0.148. The van der Waals surface area contributed by atoms with Gasteiger partial charge in [0.15, 0.2) is 0 Å². The average molecular weight is 516 g/mol. The normalized spacial score (nSPS) is 17.2. The lowest BCUT2D eigenvalue weighted by Crippen LogP contribution is -2.48. The van der Waals surface area contributed by atoms with Crippen molar-refractivity contribution in [3.63, 3.8) is 0 Å². The second-order valence-corrected chi connectivity index (χ2v) is 10.9. The molecular formula is C33H33N5O. The number of amides is 1. The van der Waals surface area contributed by atoms with E-state index >= 15 is 0 Å². The summed E-state index contributed by atoms with van der Waals surface area (Å²) in [6, 6.07) is 23.1. The molecule has 5 aromatic rings. The van der Waals surface area contributed by atoms with Crippen LogP contribution in [0.3, 0.4) is 0 Å². The van der Waals surface area contributed by atoms with E-state index in [0.717, 1.165) is 70.4 Å². The van der Waals surface area contributed by atoms with Gasteiger partial charge in [0.2, 0.25) is 0 Å². The lowest BCUT2D eigenvalue weighted by atomic mass is 9.99. The first-order valence-corrected chi connectivity index (χ1v) is 14.2. The molecule has 0 N–H and O–H groups in total. The summed E-state index contributed by atoms with van der Waals surface area (Å²) < 4.78 is 2.12. The third kappa shape index (κ3) is 4.70. The fraction of sp³-hybridized carbons (Fsp3) is 0.303. The molecule has 2 aliphatic heterocycles. The van der Waals surface area contributed by atoms with Gasteiger partial charge >= 0.3 is 0 Å². The molecule has 0 radical (unpaired) electrons. The minimum absolute atomic E-state index is 0.148. The predicted octanol–water partition coefficient (Wildman–Crippen LogP) is 6.31. The van der Waals surface area contributed by atoms with Crippen LogP contribution in [-0.2, 0) is 0 Å². The second kappa shape index (κ2) is 10.3. The molecule has 0 unspecified atom stereocenters. The molecule has 6 nitrogen and oxygen atoms in total. The molecule has 7 rings (SSSR count). The quantitative estimate of drug-likeness (QED) is 0.282. The lowest BCUT2D eigenvalue weighted by molar-refractivity contribution is 0.0590. The van der Waals surface area contributed by atoms with E-state index in [1.165, 1.54) is 32.4 Å². The number of pyridine rings is 2. The van der Waals surface area contributed by atoms with Crippen LogP contribution in [0, 0.1) is 0 Å². The summed E-state index contributed by atoms with van der Waals surface area (Å²) in [5.74, 6) is 0.148. The molecule has 2 aliphatic rings. The smallest absolute Gasteiger partial charge is 0.253 e. The van der Waals surface area contributed by atoms with E-state index in [1.807, 2.05) is 53.7 Å². The van der Waals surface area contributed by atoms with E-state index in [1.54, 1.807) is 0 Å². The highest BCUT2D eigenvalue weighted by atomic mass is 16.2. The Bertz CT molecular complexity index is 1630. The highest BCUT2D eigenvalue weighted by Gasteiger charge is 2.28. The van der Waals surface area contributed by atoms with Crippen LogP contribution in [0.15, 0.2) is 85.3 Å². The van der Waals surface area contributed by atoms with Gasteiger partial charge in [0.05, 0.1) is 17.4 Å². The zero-order valence-electron chi connectivity index (χ0n) is 22.2. The monoisotopic (exact) mass is 515 g/mol. The van der Waals surface area contributed by atoms with Gasteiger partial charge in [0, 0.05) is 48.0 Å². The van der Waals surface area contributed by atoms with Crippen molar-refractivity contribution in [2.24, 2.45) is 0 Å². The topological polar surface area (TPSA) is 53.7 Å². The fourth-order valence-electron chi connectivity index (χ4n) is 6.28. The number of hydrogen-bond acceptors (Lipinski definition) is 4. The van der Waals surface area contributed by atoms with Crippen molar-refractivity contribution >= 4 is 22.5 Å². The van der Waals surface area contributed by atoms with E-state index in [9.17, 15) is 4.79 Å². The van der Waals surface area contributed by atoms with Crippen LogP contribution in [0.5, 0.6) is 0 Å². The molecule has 0 bridgehead atoms. The molecule has 0 spiro atoms. The van der Waals surface area contributed by atoms with Gasteiger partial charge in [-0.3, -0.25) is 14.2 Å². The summed E-state index contributed by atoms with van der Waals surface area (Å²) in [4.78, 5) is 27.2. The summed E-state index contributed by atoms with van der Waals surface area (Å²) >= 11 is 0. The Morgan fingerprint density at radius 1 is 0.744 bits per heavy atom. The van der Waals surface area contributed by atoms with Gasteiger partial charge in [-0.05, 0) is 86.3 Å². The second-order valence-electron chi connectivity index (χ2n) is 10.9. The summed E-state index contributed by atoms with van der Waals surface area (Å²) in [5, 5.41) is 1.11. The Morgan fingerprint density at radius 2 is 1.51 bits per heavy atom. The Hall–Kier alpha value is -4.03. The zero-order valence-corrected chi connectivity index (χ0v) is 22.2. The number of rotatable bonds is 4. The number of para-hydroxylation sites is 1. The van der Waals surface area contributed by atoms with Gasteiger partial charge in [0.1, 0.15) is 5.65 Å². The summed E-state index contributed by atoms with van der Waals surface area (Å²) in [7, 11) is 0.